The van der Waals surface area contributed by atoms with E-state index in [9.17, 15) is 0 Å². The third kappa shape index (κ3) is 4.28. The lowest BCUT2D eigenvalue weighted by atomic mass is 10.3. The maximum atomic E-state index is 4.63. The normalized spacial score (nSPS) is 12.5. The molecule has 1 N–H and O–H groups in total. The molecular formula is C12H20IN3S. The summed E-state index contributed by atoms with van der Waals surface area (Å²) in [7, 11) is 1.91. The molecule has 5 heteroatoms. The molecule has 1 rings (SSSR count). The van der Waals surface area contributed by atoms with Crippen molar-refractivity contribution in [1.82, 2.24) is 9.97 Å². The highest BCUT2D eigenvalue weighted by molar-refractivity contribution is 14.1. The van der Waals surface area contributed by atoms with Crippen LogP contribution in [0.5, 0.6) is 0 Å². The van der Waals surface area contributed by atoms with Crippen LogP contribution >= 0.6 is 34.4 Å². The summed E-state index contributed by atoms with van der Waals surface area (Å²) in [6.45, 7) is 6.59. The molecular weight excluding hydrogens is 345 g/mol. The highest BCUT2D eigenvalue weighted by Gasteiger charge is 2.10. The molecule has 0 aliphatic rings. The van der Waals surface area contributed by atoms with Gasteiger partial charge in [0.15, 0.2) is 0 Å². The number of thioether (sulfide) groups is 1. The Hall–Kier alpha value is -0.0400. The molecule has 0 bridgehead atoms. The highest BCUT2D eigenvalue weighted by Crippen LogP contribution is 2.23. The summed E-state index contributed by atoms with van der Waals surface area (Å²) in [6, 6.07) is 0. The summed E-state index contributed by atoms with van der Waals surface area (Å²) in [5, 5.41) is 3.81. The zero-order chi connectivity index (χ0) is 12.8. The van der Waals surface area contributed by atoms with E-state index in [2.05, 4.69) is 58.6 Å². The van der Waals surface area contributed by atoms with Gasteiger partial charge in [0.05, 0.1) is 15.0 Å². The van der Waals surface area contributed by atoms with Gasteiger partial charge >= 0.3 is 0 Å². The number of hydrogen-bond donors (Lipinski definition) is 1. The van der Waals surface area contributed by atoms with Gasteiger partial charge in [-0.2, -0.15) is 11.8 Å². The van der Waals surface area contributed by atoms with E-state index < -0.39 is 0 Å². The molecule has 0 aliphatic heterocycles. The summed E-state index contributed by atoms with van der Waals surface area (Å²) in [4.78, 5) is 9.18. The number of nitrogens with one attached hydrogen (secondary N) is 1. The van der Waals surface area contributed by atoms with Gasteiger partial charge in [-0.15, -0.1) is 0 Å². The molecule has 96 valence electrons. The Kier molecular flexibility index (Phi) is 6.54. The lowest BCUT2D eigenvalue weighted by Crippen LogP contribution is -2.07. The van der Waals surface area contributed by atoms with Crippen LogP contribution in [0, 0.1) is 3.57 Å². The summed E-state index contributed by atoms with van der Waals surface area (Å²) in [5.74, 6) is 2.79. The first kappa shape index (κ1) is 15.0. The van der Waals surface area contributed by atoms with E-state index in [1.165, 1.54) is 6.42 Å². The van der Waals surface area contributed by atoms with Crippen LogP contribution in [-0.2, 0) is 12.2 Å². The molecule has 0 spiro atoms. The second-order valence-electron chi connectivity index (χ2n) is 3.88. The van der Waals surface area contributed by atoms with E-state index >= 15 is 0 Å². The Balaban J connectivity index is 2.85. The van der Waals surface area contributed by atoms with Gasteiger partial charge in [-0.3, -0.25) is 0 Å². The largest absolute Gasteiger partial charge is 0.372 e. The highest BCUT2D eigenvalue weighted by atomic mass is 127. The van der Waals surface area contributed by atoms with E-state index in [0.29, 0.717) is 5.25 Å². The molecule has 0 amide bonds. The van der Waals surface area contributed by atoms with Gasteiger partial charge in [0, 0.05) is 12.3 Å². The first-order valence-electron chi connectivity index (χ1n) is 5.96. The van der Waals surface area contributed by atoms with Crippen molar-refractivity contribution in [1.29, 1.82) is 0 Å². The topological polar surface area (TPSA) is 37.8 Å². The van der Waals surface area contributed by atoms with Crippen molar-refractivity contribution in [2.24, 2.45) is 0 Å². The summed E-state index contributed by atoms with van der Waals surface area (Å²) in [5.41, 5.74) is 1.14. The van der Waals surface area contributed by atoms with Crippen LogP contribution in [0.15, 0.2) is 0 Å². The lowest BCUT2D eigenvalue weighted by molar-refractivity contribution is 0.893. The van der Waals surface area contributed by atoms with Gasteiger partial charge in [-0.05, 0) is 35.4 Å². The number of halogens is 1. The Morgan fingerprint density at radius 3 is 2.59 bits per heavy atom. The molecule has 1 heterocycles. The first-order valence-corrected chi connectivity index (χ1v) is 8.09. The maximum absolute atomic E-state index is 4.63. The zero-order valence-corrected chi connectivity index (χ0v) is 13.9. The Labute approximate surface area is 122 Å². The van der Waals surface area contributed by atoms with Gasteiger partial charge in [-0.25, -0.2) is 9.97 Å². The minimum Gasteiger partial charge on any atom is -0.372 e. The van der Waals surface area contributed by atoms with Crippen molar-refractivity contribution in [2.45, 2.75) is 44.6 Å². The van der Waals surface area contributed by atoms with Crippen LogP contribution in [0.4, 0.5) is 5.82 Å². The van der Waals surface area contributed by atoms with Crippen LogP contribution in [0.1, 0.15) is 38.7 Å². The first-order chi connectivity index (χ1) is 8.12. The van der Waals surface area contributed by atoms with Crippen molar-refractivity contribution in [3.63, 3.8) is 0 Å². The maximum Gasteiger partial charge on any atom is 0.143 e. The summed E-state index contributed by atoms with van der Waals surface area (Å²) < 4.78 is 1.14. The molecule has 1 aromatic rings. The van der Waals surface area contributed by atoms with Crippen LogP contribution in [-0.4, -0.2) is 22.3 Å². The fourth-order valence-electron chi connectivity index (χ4n) is 1.34. The van der Waals surface area contributed by atoms with Crippen molar-refractivity contribution in [3.8, 4) is 0 Å². The molecule has 1 unspecified atom stereocenters. The number of hydrogen-bond acceptors (Lipinski definition) is 4. The quantitative estimate of drug-likeness (QED) is 0.780. The third-order valence-corrected chi connectivity index (χ3v) is 5.07. The van der Waals surface area contributed by atoms with Gasteiger partial charge in [0.2, 0.25) is 0 Å². The van der Waals surface area contributed by atoms with Crippen molar-refractivity contribution >= 4 is 40.2 Å². The van der Waals surface area contributed by atoms with Crippen LogP contribution in [0.2, 0.25) is 0 Å². The zero-order valence-electron chi connectivity index (χ0n) is 10.9. The molecule has 17 heavy (non-hydrogen) atoms. The Bertz CT molecular complexity index is 346. The monoisotopic (exact) mass is 365 g/mol. The standard InChI is InChI=1S/C12H20IN3S/c1-5-8(3)17-7-10-15-9(6-2)11(13)12(14-4)16-10/h8H,5-7H2,1-4H3,(H,14,15,16). The van der Waals surface area contributed by atoms with Crippen molar-refractivity contribution in [3.05, 3.63) is 15.1 Å². The molecule has 1 atom stereocenters. The van der Waals surface area contributed by atoms with Crippen molar-refractivity contribution < 1.29 is 0 Å². The van der Waals surface area contributed by atoms with Crippen LogP contribution in [0.25, 0.3) is 0 Å². The van der Waals surface area contributed by atoms with Gasteiger partial charge in [0.25, 0.3) is 0 Å². The molecule has 0 aromatic carbocycles. The van der Waals surface area contributed by atoms with E-state index in [0.717, 1.165) is 33.1 Å². The van der Waals surface area contributed by atoms with Gasteiger partial charge in [-0.1, -0.05) is 20.8 Å². The van der Waals surface area contributed by atoms with Crippen LogP contribution in [0.3, 0.4) is 0 Å². The SMILES string of the molecule is CCc1nc(CSC(C)CC)nc(NC)c1I. The molecule has 1 aromatic heterocycles. The lowest BCUT2D eigenvalue weighted by Gasteiger charge is -2.11. The second-order valence-corrected chi connectivity index (χ2v) is 6.39. The molecule has 0 saturated carbocycles. The minimum absolute atomic E-state index is 0.668. The predicted octanol–water partition coefficient (Wildman–Crippen LogP) is 3.72. The minimum atomic E-state index is 0.668. The second kappa shape index (κ2) is 7.41. The molecule has 3 nitrogen and oxygen atoms in total. The number of aryl methyl sites for hydroxylation is 1. The third-order valence-electron chi connectivity index (χ3n) is 2.61. The van der Waals surface area contributed by atoms with E-state index in [4.69, 9.17) is 0 Å². The van der Waals surface area contributed by atoms with E-state index in [1.54, 1.807) is 0 Å². The Morgan fingerprint density at radius 1 is 1.35 bits per heavy atom. The predicted molar refractivity (Wildman–Crippen MR) is 84.7 cm³/mol. The van der Waals surface area contributed by atoms with Crippen LogP contribution < -0.4 is 5.32 Å². The van der Waals surface area contributed by atoms with Gasteiger partial charge in [0.1, 0.15) is 11.6 Å². The van der Waals surface area contributed by atoms with Crippen molar-refractivity contribution in [2.75, 3.05) is 12.4 Å². The molecule has 0 aliphatic carbocycles. The molecule has 0 radical (unpaired) electrons. The molecule has 0 fully saturated rings. The molecule has 0 saturated heterocycles. The van der Waals surface area contributed by atoms with Gasteiger partial charge < -0.3 is 5.32 Å². The average Bonchev–Trinajstić information content (AvgIpc) is 2.36. The fraction of sp³-hybridized carbons (Fsp3) is 0.667. The van der Waals surface area contributed by atoms with E-state index in [-0.39, 0.29) is 0 Å². The fourth-order valence-corrected chi connectivity index (χ4v) is 3.03. The number of anilines is 1. The van der Waals surface area contributed by atoms with E-state index in [1.807, 2.05) is 18.8 Å². The number of aromatic nitrogens is 2. The summed E-state index contributed by atoms with van der Waals surface area (Å²) >= 11 is 4.23. The average molecular weight is 365 g/mol. The number of nitrogens with zero attached hydrogens (tertiary/aromatic N) is 2. The Morgan fingerprint density at radius 2 is 2.06 bits per heavy atom. The smallest absolute Gasteiger partial charge is 0.143 e. The summed E-state index contributed by atoms with van der Waals surface area (Å²) in [6.07, 6.45) is 2.14. The number of rotatable bonds is 6.